The molecule has 2 saturated heterocycles. The van der Waals surface area contributed by atoms with Gasteiger partial charge in [-0.05, 0) is 37.8 Å². The van der Waals surface area contributed by atoms with Gasteiger partial charge in [-0.25, -0.2) is 8.78 Å². The van der Waals surface area contributed by atoms with E-state index < -0.39 is 11.6 Å². The maximum atomic E-state index is 14.3. The van der Waals surface area contributed by atoms with Crippen molar-refractivity contribution in [2.24, 2.45) is 0 Å². The maximum Gasteiger partial charge on any atom is 0.151 e. The SMILES string of the molecule is OC1CCN(c2c(F)cc(N3CCCC3)cc2F)CC1. The van der Waals surface area contributed by atoms with Crippen molar-refractivity contribution >= 4 is 11.4 Å². The van der Waals surface area contributed by atoms with E-state index in [9.17, 15) is 13.9 Å². The number of hydrogen-bond donors (Lipinski definition) is 1. The lowest BCUT2D eigenvalue weighted by Crippen LogP contribution is -2.37. The van der Waals surface area contributed by atoms with Crippen LogP contribution in [0.3, 0.4) is 0 Å². The van der Waals surface area contributed by atoms with E-state index >= 15 is 0 Å². The lowest BCUT2D eigenvalue weighted by Gasteiger charge is -2.32. The highest BCUT2D eigenvalue weighted by Gasteiger charge is 2.24. The Bertz CT molecular complexity index is 458. The first-order valence-corrected chi connectivity index (χ1v) is 7.32. The predicted molar refractivity (Wildman–Crippen MR) is 75.3 cm³/mol. The van der Waals surface area contributed by atoms with E-state index in [0.29, 0.717) is 31.6 Å². The molecule has 0 aromatic heterocycles. The van der Waals surface area contributed by atoms with Crippen LogP contribution in [0.15, 0.2) is 12.1 Å². The minimum Gasteiger partial charge on any atom is -0.393 e. The molecular formula is C15H20F2N2O. The van der Waals surface area contributed by atoms with Gasteiger partial charge in [0.1, 0.15) is 5.69 Å². The molecule has 20 heavy (non-hydrogen) atoms. The van der Waals surface area contributed by atoms with Gasteiger partial charge in [-0.1, -0.05) is 0 Å². The number of aliphatic hydroxyl groups is 1. The second-order valence-electron chi connectivity index (χ2n) is 5.67. The molecule has 110 valence electrons. The van der Waals surface area contributed by atoms with E-state index in [4.69, 9.17) is 0 Å². The third-order valence-electron chi connectivity index (χ3n) is 4.25. The van der Waals surface area contributed by atoms with E-state index in [0.717, 1.165) is 25.9 Å². The van der Waals surface area contributed by atoms with Crippen LogP contribution in [0, 0.1) is 11.6 Å². The zero-order valence-electron chi connectivity index (χ0n) is 11.5. The quantitative estimate of drug-likeness (QED) is 0.903. The number of anilines is 2. The summed E-state index contributed by atoms with van der Waals surface area (Å²) in [6.45, 7) is 2.73. The molecule has 0 bridgehead atoms. The molecular weight excluding hydrogens is 262 g/mol. The topological polar surface area (TPSA) is 26.7 Å². The van der Waals surface area contributed by atoms with Crippen LogP contribution in [-0.4, -0.2) is 37.4 Å². The summed E-state index contributed by atoms with van der Waals surface area (Å²) in [7, 11) is 0. The Morgan fingerprint density at radius 3 is 2.00 bits per heavy atom. The molecule has 3 nitrogen and oxygen atoms in total. The average molecular weight is 282 g/mol. The first-order chi connectivity index (χ1) is 9.65. The van der Waals surface area contributed by atoms with E-state index in [-0.39, 0.29) is 11.8 Å². The number of benzene rings is 1. The molecule has 0 spiro atoms. The second kappa shape index (κ2) is 5.56. The van der Waals surface area contributed by atoms with Gasteiger partial charge in [-0.3, -0.25) is 0 Å². The van der Waals surface area contributed by atoms with Gasteiger partial charge in [0.25, 0.3) is 0 Å². The molecule has 0 aliphatic carbocycles. The first-order valence-electron chi connectivity index (χ1n) is 7.32. The van der Waals surface area contributed by atoms with Crippen molar-refractivity contribution in [1.82, 2.24) is 0 Å². The summed E-state index contributed by atoms with van der Waals surface area (Å²) in [6, 6.07) is 2.88. The molecule has 0 amide bonds. The number of piperidine rings is 1. The van der Waals surface area contributed by atoms with Crippen molar-refractivity contribution < 1.29 is 13.9 Å². The van der Waals surface area contributed by atoms with Gasteiger partial charge in [-0.2, -0.15) is 0 Å². The van der Waals surface area contributed by atoms with Crippen molar-refractivity contribution in [3.8, 4) is 0 Å². The van der Waals surface area contributed by atoms with E-state index in [1.54, 1.807) is 4.90 Å². The summed E-state index contributed by atoms with van der Waals surface area (Å²) >= 11 is 0. The fraction of sp³-hybridized carbons (Fsp3) is 0.600. The molecule has 2 aliphatic heterocycles. The van der Waals surface area contributed by atoms with Gasteiger partial charge in [-0.15, -0.1) is 0 Å². The molecule has 1 aromatic rings. The van der Waals surface area contributed by atoms with Crippen molar-refractivity contribution in [2.75, 3.05) is 36.0 Å². The molecule has 0 radical (unpaired) electrons. The van der Waals surface area contributed by atoms with Crippen molar-refractivity contribution in [3.63, 3.8) is 0 Å². The van der Waals surface area contributed by atoms with Crippen molar-refractivity contribution in [2.45, 2.75) is 31.8 Å². The van der Waals surface area contributed by atoms with Gasteiger partial charge in [0, 0.05) is 31.9 Å². The van der Waals surface area contributed by atoms with Crippen LogP contribution in [0.5, 0.6) is 0 Å². The average Bonchev–Trinajstić information content (AvgIpc) is 2.94. The summed E-state index contributed by atoms with van der Waals surface area (Å²) in [5, 5.41) is 9.48. The molecule has 0 saturated carbocycles. The molecule has 0 unspecified atom stereocenters. The smallest absolute Gasteiger partial charge is 0.151 e. The highest BCUT2D eigenvalue weighted by Crippen LogP contribution is 2.31. The summed E-state index contributed by atoms with van der Waals surface area (Å²) in [6.07, 6.45) is 2.94. The van der Waals surface area contributed by atoms with E-state index in [1.807, 2.05) is 4.90 Å². The van der Waals surface area contributed by atoms with Gasteiger partial charge in [0.05, 0.1) is 6.10 Å². The Balaban J connectivity index is 1.84. The fourth-order valence-corrected chi connectivity index (χ4v) is 3.10. The molecule has 1 N–H and O–H groups in total. The molecule has 1 aromatic carbocycles. The predicted octanol–water partition coefficient (Wildman–Crippen LogP) is 2.53. The van der Waals surface area contributed by atoms with E-state index in [2.05, 4.69) is 0 Å². The number of rotatable bonds is 2. The minimum atomic E-state index is -0.497. The summed E-state index contributed by atoms with van der Waals surface area (Å²) in [4.78, 5) is 3.72. The van der Waals surface area contributed by atoms with E-state index in [1.165, 1.54) is 12.1 Å². The molecule has 0 atom stereocenters. The number of hydrogen-bond acceptors (Lipinski definition) is 3. The standard InChI is InChI=1S/C15H20F2N2O/c16-13-9-11(18-5-1-2-6-18)10-14(17)15(13)19-7-3-12(20)4-8-19/h9-10,12,20H,1-8H2. The monoisotopic (exact) mass is 282 g/mol. The summed E-state index contributed by atoms with van der Waals surface area (Å²) < 4.78 is 28.6. The highest BCUT2D eigenvalue weighted by molar-refractivity contribution is 5.59. The zero-order chi connectivity index (χ0) is 14.1. The Hall–Kier alpha value is -1.36. The van der Waals surface area contributed by atoms with Crippen LogP contribution < -0.4 is 9.80 Å². The summed E-state index contributed by atoms with van der Waals surface area (Å²) in [5.41, 5.74) is 0.693. The lowest BCUT2D eigenvalue weighted by molar-refractivity contribution is 0.145. The highest BCUT2D eigenvalue weighted by atomic mass is 19.1. The maximum absolute atomic E-state index is 14.3. The van der Waals surface area contributed by atoms with Crippen LogP contribution >= 0.6 is 0 Å². The Morgan fingerprint density at radius 2 is 1.45 bits per heavy atom. The van der Waals surface area contributed by atoms with Crippen LogP contribution in [0.2, 0.25) is 0 Å². The van der Waals surface area contributed by atoms with Gasteiger partial charge in [0.2, 0.25) is 0 Å². The Morgan fingerprint density at radius 1 is 0.900 bits per heavy atom. The van der Waals surface area contributed by atoms with Gasteiger partial charge < -0.3 is 14.9 Å². The Kier molecular flexibility index (Phi) is 3.78. The number of halogens is 2. The third kappa shape index (κ3) is 2.59. The first kappa shape index (κ1) is 13.6. The number of nitrogens with zero attached hydrogens (tertiary/aromatic N) is 2. The molecule has 2 fully saturated rings. The second-order valence-corrected chi connectivity index (χ2v) is 5.67. The number of aliphatic hydroxyl groups excluding tert-OH is 1. The molecule has 2 heterocycles. The van der Waals surface area contributed by atoms with Crippen LogP contribution in [-0.2, 0) is 0 Å². The fourth-order valence-electron chi connectivity index (χ4n) is 3.10. The molecule has 3 rings (SSSR count). The van der Waals surface area contributed by atoms with Crippen LogP contribution in [0.4, 0.5) is 20.2 Å². The van der Waals surface area contributed by atoms with Gasteiger partial charge in [0.15, 0.2) is 11.6 Å². The van der Waals surface area contributed by atoms with Crippen LogP contribution in [0.25, 0.3) is 0 Å². The normalized spacial score (nSPS) is 20.8. The zero-order valence-corrected chi connectivity index (χ0v) is 11.5. The third-order valence-corrected chi connectivity index (χ3v) is 4.25. The Labute approximate surface area is 117 Å². The minimum absolute atomic E-state index is 0.0554. The van der Waals surface area contributed by atoms with Crippen molar-refractivity contribution in [1.29, 1.82) is 0 Å². The van der Waals surface area contributed by atoms with Crippen molar-refractivity contribution in [3.05, 3.63) is 23.8 Å². The summed E-state index contributed by atoms with van der Waals surface area (Å²) in [5.74, 6) is -0.994. The largest absolute Gasteiger partial charge is 0.393 e. The van der Waals surface area contributed by atoms with Gasteiger partial charge >= 0.3 is 0 Å². The lowest BCUT2D eigenvalue weighted by atomic mass is 10.1. The van der Waals surface area contributed by atoms with Crippen LogP contribution in [0.1, 0.15) is 25.7 Å². The molecule has 2 aliphatic rings. The molecule has 5 heteroatoms.